The zero-order chi connectivity index (χ0) is 14.8. The van der Waals surface area contributed by atoms with Crippen LogP contribution < -0.4 is 0 Å². The Labute approximate surface area is 129 Å². The fourth-order valence-corrected chi connectivity index (χ4v) is 5.43. The molecule has 0 aliphatic heterocycles. The number of halogens is 2. The number of rotatable bonds is 2. The van der Waals surface area contributed by atoms with Crippen molar-refractivity contribution in [1.82, 2.24) is 0 Å². The van der Waals surface area contributed by atoms with E-state index in [1.807, 2.05) is 0 Å². The summed E-state index contributed by atoms with van der Waals surface area (Å²) in [7, 11) is 0. The third-order valence-corrected chi connectivity index (χ3v) is 6.92. The van der Waals surface area contributed by atoms with Gasteiger partial charge in [-0.25, -0.2) is 8.78 Å². The maximum Gasteiger partial charge on any atom is 0.134 e. The largest absolute Gasteiger partial charge is 0.244 e. The lowest BCUT2D eigenvalue weighted by atomic mass is 9.65. The topological polar surface area (TPSA) is 0 Å². The van der Waals surface area contributed by atoms with Gasteiger partial charge in [-0.05, 0) is 81.0 Å². The van der Waals surface area contributed by atoms with Crippen LogP contribution in [-0.2, 0) is 0 Å². The molecule has 0 heterocycles. The van der Waals surface area contributed by atoms with Gasteiger partial charge in [0, 0.05) is 0 Å². The Balaban J connectivity index is 1.48. The average molecular weight is 298 g/mol. The molecule has 3 aliphatic carbocycles. The molecule has 3 rings (SSSR count). The molecule has 0 bridgehead atoms. The molecule has 0 nitrogen and oxygen atoms in total. The quantitative estimate of drug-likeness (QED) is 0.578. The van der Waals surface area contributed by atoms with Gasteiger partial charge in [-0.15, -0.1) is 0 Å². The van der Waals surface area contributed by atoms with E-state index in [0.717, 1.165) is 43.4 Å². The van der Waals surface area contributed by atoms with E-state index in [1.54, 1.807) is 0 Å². The van der Waals surface area contributed by atoms with Gasteiger partial charge in [-0.2, -0.15) is 0 Å². The minimum absolute atomic E-state index is 0.0288. The van der Waals surface area contributed by atoms with Gasteiger partial charge in [0.25, 0.3) is 0 Å². The predicted octanol–water partition coefficient (Wildman–Crippen LogP) is 6.10. The Morgan fingerprint density at radius 1 is 0.619 bits per heavy atom. The zero-order valence-electron chi connectivity index (χ0n) is 13.6. The summed E-state index contributed by atoms with van der Waals surface area (Å²) in [5.74, 6) is 3.24. The highest BCUT2D eigenvalue weighted by Crippen LogP contribution is 2.46. The Morgan fingerprint density at radius 3 is 1.76 bits per heavy atom. The molecule has 2 heteroatoms. The van der Waals surface area contributed by atoms with Crippen LogP contribution in [0.2, 0.25) is 0 Å². The molecule has 21 heavy (non-hydrogen) atoms. The Hall–Kier alpha value is -0.140. The van der Waals surface area contributed by atoms with Gasteiger partial charge in [-0.1, -0.05) is 26.2 Å². The minimum atomic E-state index is -1.18. The van der Waals surface area contributed by atoms with Crippen molar-refractivity contribution in [1.29, 1.82) is 0 Å². The molecule has 0 saturated heterocycles. The first-order valence-electron chi connectivity index (χ1n) is 9.43. The molecule has 3 saturated carbocycles. The van der Waals surface area contributed by atoms with Crippen molar-refractivity contribution in [3.8, 4) is 0 Å². The molecule has 0 aromatic rings. The predicted molar refractivity (Wildman–Crippen MR) is 83.7 cm³/mol. The molecule has 0 N–H and O–H groups in total. The summed E-state index contributed by atoms with van der Waals surface area (Å²) < 4.78 is 27.8. The summed E-state index contributed by atoms with van der Waals surface area (Å²) in [6, 6.07) is 0. The number of hydrogen-bond acceptors (Lipinski definition) is 0. The lowest BCUT2D eigenvalue weighted by Gasteiger charge is -2.41. The van der Waals surface area contributed by atoms with Crippen molar-refractivity contribution in [2.75, 3.05) is 0 Å². The van der Waals surface area contributed by atoms with E-state index in [2.05, 4.69) is 6.92 Å². The third-order valence-electron chi connectivity index (χ3n) is 6.92. The fourth-order valence-electron chi connectivity index (χ4n) is 5.43. The van der Waals surface area contributed by atoms with Gasteiger partial charge in [0.1, 0.15) is 12.3 Å². The fraction of sp³-hybridized carbons (Fsp3) is 1.00. The second kappa shape index (κ2) is 6.96. The van der Waals surface area contributed by atoms with Crippen LogP contribution in [-0.4, -0.2) is 12.3 Å². The summed E-state index contributed by atoms with van der Waals surface area (Å²) in [4.78, 5) is 0. The van der Waals surface area contributed by atoms with E-state index in [4.69, 9.17) is 0 Å². The van der Waals surface area contributed by atoms with Crippen LogP contribution in [0.3, 0.4) is 0 Å². The van der Waals surface area contributed by atoms with Gasteiger partial charge in [0.2, 0.25) is 0 Å². The summed E-state index contributed by atoms with van der Waals surface area (Å²) >= 11 is 0. The van der Waals surface area contributed by atoms with E-state index in [0.29, 0.717) is 12.3 Å². The van der Waals surface area contributed by atoms with Crippen LogP contribution in [0.1, 0.15) is 77.6 Å². The van der Waals surface area contributed by atoms with Crippen LogP contribution in [0.5, 0.6) is 0 Å². The van der Waals surface area contributed by atoms with E-state index in [9.17, 15) is 8.78 Å². The standard InChI is InChI=1S/C19H32F2/c1-13-5-7-14(8-6-13)15-9-11-16(12-10-15)17-3-2-4-18(20)19(17)21/h13-19H,2-12H2,1H3. The van der Waals surface area contributed by atoms with Gasteiger partial charge in [0.15, 0.2) is 0 Å². The van der Waals surface area contributed by atoms with Gasteiger partial charge in [-0.3, -0.25) is 0 Å². The van der Waals surface area contributed by atoms with Crippen LogP contribution in [0.4, 0.5) is 8.78 Å². The average Bonchev–Trinajstić information content (AvgIpc) is 2.51. The molecule has 3 unspecified atom stereocenters. The Morgan fingerprint density at radius 2 is 1.14 bits per heavy atom. The second-order valence-corrected chi connectivity index (χ2v) is 8.25. The maximum atomic E-state index is 14.1. The summed E-state index contributed by atoms with van der Waals surface area (Å²) in [5.41, 5.74) is 0. The van der Waals surface area contributed by atoms with Crippen molar-refractivity contribution in [2.24, 2.45) is 29.6 Å². The first-order chi connectivity index (χ1) is 10.1. The monoisotopic (exact) mass is 298 g/mol. The van der Waals surface area contributed by atoms with Gasteiger partial charge < -0.3 is 0 Å². The first-order valence-corrected chi connectivity index (χ1v) is 9.43. The van der Waals surface area contributed by atoms with Crippen LogP contribution in [0, 0.1) is 29.6 Å². The molecular weight excluding hydrogens is 266 g/mol. The lowest BCUT2D eigenvalue weighted by molar-refractivity contribution is 0.0157. The molecule has 0 spiro atoms. The Kier molecular flexibility index (Phi) is 5.22. The summed E-state index contributed by atoms with van der Waals surface area (Å²) in [6.07, 6.45) is 10.5. The summed E-state index contributed by atoms with van der Waals surface area (Å²) in [5, 5.41) is 0. The van der Waals surface area contributed by atoms with Crippen molar-refractivity contribution in [3.63, 3.8) is 0 Å². The van der Waals surface area contributed by atoms with Crippen LogP contribution >= 0.6 is 0 Å². The van der Waals surface area contributed by atoms with Crippen LogP contribution in [0.25, 0.3) is 0 Å². The lowest BCUT2D eigenvalue weighted by Crippen LogP contribution is -2.38. The second-order valence-electron chi connectivity index (χ2n) is 8.25. The SMILES string of the molecule is CC1CCC(C2CCC(C3CCCC(F)C3F)CC2)CC1. The van der Waals surface area contributed by atoms with Crippen LogP contribution in [0.15, 0.2) is 0 Å². The van der Waals surface area contributed by atoms with Crippen molar-refractivity contribution < 1.29 is 8.78 Å². The van der Waals surface area contributed by atoms with Crippen molar-refractivity contribution in [3.05, 3.63) is 0 Å². The summed E-state index contributed by atoms with van der Waals surface area (Å²) in [6.45, 7) is 2.38. The minimum Gasteiger partial charge on any atom is -0.244 e. The first kappa shape index (κ1) is 15.7. The molecule has 3 fully saturated rings. The van der Waals surface area contributed by atoms with Crippen molar-refractivity contribution >= 4 is 0 Å². The highest BCUT2D eigenvalue weighted by molar-refractivity contribution is 4.90. The molecule has 0 amide bonds. The number of alkyl halides is 2. The molecular formula is C19H32F2. The maximum absolute atomic E-state index is 14.1. The van der Waals surface area contributed by atoms with Crippen molar-refractivity contribution in [2.45, 2.75) is 89.9 Å². The molecule has 3 atom stereocenters. The van der Waals surface area contributed by atoms with Gasteiger partial charge in [0.05, 0.1) is 0 Å². The highest BCUT2D eigenvalue weighted by atomic mass is 19.2. The van der Waals surface area contributed by atoms with E-state index in [-0.39, 0.29) is 5.92 Å². The molecule has 0 aromatic heterocycles. The molecule has 0 radical (unpaired) electrons. The molecule has 3 aliphatic rings. The van der Waals surface area contributed by atoms with E-state index >= 15 is 0 Å². The molecule has 122 valence electrons. The normalized spacial score (nSPS) is 49.0. The van der Waals surface area contributed by atoms with E-state index < -0.39 is 12.3 Å². The molecule has 0 aromatic carbocycles. The Bertz CT molecular complexity index is 314. The smallest absolute Gasteiger partial charge is 0.134 e. The van der Waals surface area contributed by atoms with E-state index in [1.165, 1.54) is 38.5 Å². The number of hydrogen-bond donors (Lipinski definition) is 0. The third kappa shape index (κ3) is 3.62. The highest BCUT2D eigenvalue weighted by Gasteiger charge is 2.40. The van der Waals surface area contributed by atoms with Gasteiger partial charge >= 0.3 is 0 Å². The zero-order valence-corrected chi connectivity index (χ0v) is 13.6.